The first-order valence-corrected chi connectivity index (χ1v) is 13.3. The summed E-state index contributed by atoms with van der Waals surface area (Å²) in [6.45, 7) is 5.80. The summed E-state index contributed by atoms with van der Waals surface area (Å²) in [5.41, 5.74) is 0.561. The molecule has 1 spiro atoms. The molecule has 2 aromatic rings. The van der Waals surface area contributed by atoms with Crippen molar-refractivity contribution in [1.29, 1.82) is 0 Å². The quantitative estimate of drug-likeness (QED) is 0.535. The number of nitrogens with zero attached hydrogens (tertiary/aromatic N) is 3. The van der Waals surface area contributed by atoms with Gasteiger partial charge in [0.1, 0.15) is 23.9 Å². The number of rotatable bonds is 8. The van der Waals surface area contributed by atoms with Crippen molar-refractivity contribution < 1.29 is 28.7 Å². The molecule has 10 heteroatoms. The number of halogens is 1. The predicted molar refractivity (Wildman–Crippen MR) is 144 cm³/mol. The van der Waals surface area contributed by atoms with Crippen molar-refractivity contribution in [3.8, 4) is 0 Å². The van der Waals surface area contributed by atoms with Crippen molar-refractivity contribution >= 4 is 29.4 Å². The molecule has 1 atom stereocenters. The number of anilines is 1. The number of carboxylic acids is 1. The number of carboxylic acid groups (broad SMARTS) is 1. The van der Waals surface area contributed by atoms with Crippen LogP contribution in [0.3, 0.4) is 0 Å². The monoisotopic (exact) mass is 538 g/mol. The van der Waals surface area contributed by atoms with Crippen LogP contribution < -0.4 is 10.2 Å². The molecule has 2 fully saturated rings. The number of para-hydroxylation sites is 1. The second-order valence-corrected chi connectivity index (χ2v) is 10.5. The molecule has 0 radical (unpaired) electrons. The Morgan fingerprint density at radius 1 is 1.08 bits per heavy atom. The van der Waals surface area contributed by atoms with E-state index in [9.17, 15) is 28.7 Å². The van der Waals surface area contributed by atoms with Crippen LogP contribution in [0.15, 0.2) is 48.5 Å². The van der Waals surface area contributed by atoms with E-state index in [2.05, 4.69) is 5.32 Å². The molecule has 39 heavy (non-hydrogen) atoms. The molecule has 2 N–H and O–H groups in total. The number of amides is 3. The van der Waals surface area contributed by atoms with Gasteiger partial charge in [0.2, 0.25) is 5.91 Å². The Morgan fingerprint density at radius 2 is 1.74 bits per heavy atom. The molecule has 3 amide bonds. The minimum absolute atomic E-state index is 0.0982. The zero-order valence-corrected chi connectivity index (χ0v) is 22.5. The molecule has 208 valence electrons. The maximum atomic E-state index is 14.4. The number of nitrogens with one attached hydrogen (secondary N) is 1. The van der Waals surface area contributed by atoms with Gasteiger partial charge in [-0.1, -0.05) is 45.0 Å². The van der Waals surface area contributed by atoms with Gasteiger partial charge < -0.3 is 25.1 Å². The zero-order valence-electron chi connectivity index (χ0n) is 22.5. The summed E-state index contributed by atoms with van der Waals surface area (Å²) in [6.07, 6.45) is 1.27. The van der Waals surface area contributed by atoms with E-state index in [4.69, 9.17) is 0 Å². The Balaban J connectivity index is 1.51. The van der Waals surface area contributed by atoms with Crippen LogP contribution in [0.2, 0.25) is 0 Å². The Hall–Kier alpha value is -3.95. The van der Waals surface area contributed by atoms with Crippen molar-refractivity contribution in [2.45, 2.75) is 51.6 Å². The molecule has 0 bridgehead atoms. The molecule has 2 saturated heterocycles. The summed E-state index contributed by atoms with van der Waals surface area (Å²) in [5, 5.41) is 12.1. The van der Waals surface area contributed by atoms with Gasteiger partial charge in [-0.05, 0) is 55.0 Å². The van der Waals surface area contributed by atoms with Crippen molar-refractivity contribution in [1.82, 2.24) is 15.1 Å². The smallest absolute Gasteiger partial charge is 0.323 e. The SMILES string of the molecule is CCc1ccc(F)c(C(=O)N[C@@H](C(=O)N2CCC3(CC2)C(=O)N(CC(=O)O)CN3c2ccccc2)C(C)C)c1. The molecule has 0 aromatic heterocycles. The highest BCUT2D eigenvalue weighted by molar-refractivity contribution is 5.98. The fourth-order valence-electron chi connectivity index (χ4n) is 5.48. The van der Waals surface area contributed by atoms with Crippen molar-refractivity contribution in [2.24, 2.45) is 5.92 Å². The molecular weight excluding hydrogens is 503 g/mol. The summed E-state index contributed by atoms with van der Waals surface area (Å²) >= 11 is 0. The van der Waals surface area contributed by atoms with Crippen LogP contribution in [0, 0.1) is 11.7 Å². The van der Waals surface area contributed by atoms with Crippen LogP contribution in [-0.2, 0) is 20.8 Å². The summed E-state index contributed by atoms with van der Waals surface area (Å²) < 4.78 is 14.4. The van der Waals surface area contributed by atoms with E-state index in [0.29, 0.717) is 19.3 Å². The summed E-state index contributed by atoms with van der Waals surface area (Å²) in [4.78, 5) is 56.4. The molecule has 0 aliphatic carbocycles. The van der Waals surface area contributed by atoms with Crippen molar-refractivity contribution in [3.63, 3.8) is 0 Å². The number of likely N-dealkylation sites (tertiary alicyclic amines) is 1. The highest BCUT2D eigenvalue weighted by atomic mass is 19.1. The van der Waals surface area contributed by atoms with Crippen LogP contribution in [0.4, 0.5) is 10.1 Å². The molecule has 2 aliphatic heterocycles. The minimum atomic E-state index is -1.09. The van der Waals surface area contributed by atoms with Crippen LogP contribution in [0.5, 0.6) is 0 Å². The second kappa shape index (κ2) is 11.4. The van der Waals surface area contributed by atoms with E-state index in [-0.39, 0.29) is 43.1 Å². The van der Waals surface area contributed by atoms with E-state index < -0.39 is 35.8 Å². The van der Waals surface area contributed by atoms with Crippen LogP contribution in [0.1, 0.15) is 49.5 Å². The lowest BCUT2D eigenvalue weighted by Crippen LogP contribution is -2.60. The number of aliphatic carboxylic acids is 1. The van der Waals surface area contributed by atoms with Gasteiger partial charge in [0.15, 0.2) is 0 Å². The van der Waals surface area contributed by atoms with E-state index in [1.165, 1.54) is 17.0 Å². The first-order valence-electron chi connectivity index (χ1n) is 13.3. The third-order valence-corrected chi connectivity index (χ3v) is 7.71. The van der Waals surface area contributed by atoms with Gasteiger partial charge >= 0.3 is 5.97 Å². The highest BCUT2D eigenvalue weighted by Gasteiger charge is 2.54. The predicted octanol–water partition coefficient (Wildman–Crippen LogP) is 2.89. The van der Waals surface area contributed by atoms with Crippen molar-refractivity contribution in [2.75, 3.05) is 31.2 Å². The third-order valence-electron chi connectivity index (χ3n) is 7.71. The first kappa shape index (κ1) is 28.1. The van der Waals surface area contributed by atoms with E-state index in [1.807, 2.05) is 56.0 Å². The number of hydrogen-bond acceptors (Lipinski definition) is 5. The van der Waals surface area contributed by atoms with Gasteiger partial charge in [0.05, 0.1) is 12.2 Å². The average molecular weight is 539 g/mol. The van der Waals surface area contributed by atoms with Gasteiger partial charge in [-0.2, -0.15) is 0 Å². The molecule has 0 saturated carbocycles. The Labute approximate surface area is 227 Å². The summed E-state index contributed by atoms with van der Waals surface area (Å²) in [5.74, 6) is -3.19. The van der Waals surface area contributed by atoms with Gasteiger partial charge in [0, 0.05) is 18.8 Å². The van der Waals surface area contributed by atoms with Crippen molar-refractivity contribution in [3.05, 3.63) is 65.5 Å². The third kappa shape index (κ3) is 5.60. The minimum Gasteiger partial charge on any atom is -0.480 e. The topological polar surface area (TPSA) is 110 Å². The Morgan fingerprint density at radius 3 is 2.33 bits per heavy atom. The molecule has 2 aromatic carbocycles. The van der Waals surface area contributed by atoms with E-state index in [0.717, 1.165) is 11.3 Å². The standard InChI is InChI=1S/C29H35FN4O5/c1-4-20-10-11-23(30)22(16-20)26(37)31-25(19(2)3)27(38)32-14-12-29(13-15-32)28(39)33(17-24(35)36)18-34(29)21-8-6-5-7-9-21/h5-11,16,19,25H,4,12-15,17-18H2,1-3H3,(H,31,37)(H,35,36)/t25-/m1/s1. The largest absolute Gasteiger partial charge is 0.480 e. The van der Waals surface area contributed by atoms with Gasteiger partial charge in [-0.3, -0.25) is 19.2 Å². The molecular formula is C29H35FN4O5. The first-order chi connectivity index (χ1) is 18.6. The molecule has 2 aliphatic rings. The lowest BCUT2D eigenvalue weighted by Gasteiger charge is -2.44. The number of carbonyl (C=O) groups is 4. The Kier molecular flexibility index (Phi) is 8.22. The summed E-state index contributed by atoms with van der Waals surface area (Å²) in [7, 11) is 0. The lowest BCUT2D eigenvalue weighted by molar-refractivity contribution is -0.145. The van der Waals surface area contributed by atoms with Crippen LogP contribution in [-0.4, -0.2) is 76.5 Å². The fraction of sp³-hybridized carbons (Fsp3) is 0.448. The maximum absolute atomic E-state index is 14.4. The summed E-state index contributed by atoms with van der Waals surface area (Å²) in [6, 6.07) is 12.9. The lowest BCUT2D eigenvalue weighted by atomic mass is 9.85. The normalized spacial score (nSPS) is 17.6. The van der Waals surface area contributed by atoms with Gasteiger partial charge in [-0.25, -0.2) is 4.39 Å². The number of aryl methyl sites for hydroxylation is 1. The highest BCUT2D eigenvalue weighted by Crippen LogP contribution is 2.39. The average Bonchev–Trinajstić information content (AvgIpc) is 3.18. The molecule has 2 heterocycles. The van der Waals surface area contributed by atoms with Gasteiger partial charge in [0.25, 0.3) is 11.8 Å². The molecule has 9 nitrogen and oxygen atoms in total. The Bertz CT molecular complexity index is 1240. The number of benzene rings is 2. The van der Waals surface area contributed by atoms with Gasteiger partial charge in [-0.15, -0.1) is 0 Å². The number of carbonyl (C=O) groups excluding carboxylic acids is 3. The fourth-order valence-corrected chi connectivity index (χ4v) is 5.48. The zero-order chi connectivity index (χ0) is 28.3. The van der Waals surface area contributed by atoms with E-state index in [1.54, 1.807) is 11.0 Å². The van der Waals surface area contributed by atoms with E-state index >= 15 is 0 Å². The molecule has 4 rings (SSSR count). The molecule has 0 unspecified atom stereocenters. The van der Waals surface area contributed by atoms with Crippen LogP contribution in [0.25, 0.3) is 0 Å². The maximum Gasteiger partial charge on any atom is 0.323 e. The number of hydrogen-bond donors (Lipinski definition) is 2. The second-order valence-electron chi connectivity index (χ2n) is 10.5. The number of piperidine rings is 1. The van der Waals surface area contributed by atoms with Crippen LogP contribution >= 0.6 is 0 Å².